The van der Waals surface area contributed by atoms with Gasteiger partial charge in [-0.15, -0.1) is 0 Å². The van der Waals surface area contributed by atoms with Crippen LogP contribution < -0.4 is 15.0 Å². The highest BCUT2D eigenvalue weighted by molar-refractivity contribution is 5.85. The van der Waals surface area contributed by atoms with E-state index in [0.29, 0.717) is 6.04 Å². The highest BCUT2D eigenvalue weighted by atomic mass is 16.5. The lowest BCUT2D eigenvalue weighted by Crippen LogP contribution is -2.46. The summed E-state index contributed by atoms with van der Waals surface area (Å²) in [4.78, 5) is 2.40. The van der Waals surface area contributed by atoms with E-state index >= 15 is 0 Å². The predicted octanol–water partition coefficient (Wildman–Crippen LogP) is 5.65. The number of hydrogen-bond donors (Lipinski definition) is 1. The number of unbranched alkanes of at least 4 members (excludes halogenated alkanes) is 1. The number of nitrogens with one attached hydrogen (secondary N) is 1. The third-order valence-electron chi connectivity index (χ3n) is 6.57. The summed E-state index contributed by atoms with van der Waals surface area (Å²) in [5, 5.41) is 3.47. The summed E-state index contributed by atoms with van der Waals surface area (Å²) >= 11 is 0. The summed E-state index contributed by atoms with van der Waals surface area (Å²) in [6.07, 6.45) is 8.19. The summed E-state index contributed by atoms with van der Waals surface area (Å²) < 4.78 is 6.52. The van der Waals surface area contributed by atoms with Gasteiger partial charge in [0, 0.05) is 37.2 Å². The maximum absolute atomic E-state index is 6.52. The molecule has 2 heterocycles. The molecule has 0 aromatic heterocycles. The number of anilines is 1. The molecule has 3 nitrogen and oxygen atoms in total. The van der Waals surface area contributed by atoms with Gasteiger partial charge in [-0.05, 0) is 61.8 Å². The number of piperidine rings is 1. The van der Waals surface area contributed by atoms with Crippen LogP contribution in [0, 0.1) is 0 Å². The smallest absolute Gasteiger partial charge is 0.130 e. The van der Waals surface area contributed by atoms with Crippen LogP contribution in [-0.4, -0.2) is 31.8 Å². The number of benzene rings is 2. The second kappa shape index (κ2) is 8.62. The van der Waals surface area contributed by atoms with Gasteiger partial charge in [-0.2, -0.15) is 0 Å². The Morgan fingerprint density at radius 1 is 1.07 bits per heavy atom. The minimum atomic E-state index is -0.181. The van der Waals surface area contributed by atoms with Crippen molar-refractivity contribution in [3.63, 3.8) is 0 Å². The van der Waals surface area contributed by atoms with E-state index in [1.807, 2.05) is 0 Å². The Kier molecular flexibility index (Phi) is 5.96. The van der Waals surface area contributed by atoms with E-state index in [1.165, 1.54) is 41.6 Å². The molecule has 0 bridgehead atoms. The summed E-state index contributed by atoms with van der Waals surface area (Å²) in [7, 11) is 2.21. The van der Waals surface area contributed by atoms with Crippen molar-refractivity contribution < 1.29 is 4.74 Å². The van der Waals surface area contributed by atoms with Crippen molar-refractivity contribution in [2.24, 2.45) is 0 Å². The fraction of sp³-hybridized carbons (Fsp3) is 0.462. The van der Waals surface area contributed by atoms with Crippen molar-refractivity contribution in [2.75, 3.05) is 25.0 Å². The molecule has 4 rings (SSSR count). The summed E-state index contributed by atoms with van der Waals surface area (Å²) in [5.74, 6) is 1.02. The fourth-order valence-electron chi connectivity index (χ4n) is 4.53. The van der Waals surface area contributed by atoms with E-state index in [4.69, 9.17) is 4.74 Å². The molecule has 1 unspecified atom stereocenters. The number of hydrogen-bond acceptors (Lipinski definition) is 3. The van der Waals surface area contributed by atoms with E-state index < -0.39 is 0 Å². The normalized spacial score (nSPS) is 18.5. The Labute approximate surface area is 175 Å². The molecule has 0 aliphatic carbocycles. The van der Waals surface area contributed by atoms with Crippen LogP contribution in [0.25, 0.3) is 5.57 Å². The minimum absolute atomic E-state index is 0.181. The Hall–Kier alpha value is -2.26. The molecule has 1 atom stereocenters. The second-order valence-electron chi connectivity index (χ2n) is 8.62. The molecule has 1 fully saturated rings. The number of fused-ring (bicyclic) bond motifs is 1. The van der Waals surface area contributed by atoms with E-state index in [1.54, 1.807) is 0 Å². The van der Waals surface area contributed by atoms with Crippen LogP contribution in [0.15, 0.2) is 54.6 Å². The molecular weight excluding hydrogens is 356 g/mol. The zero-order valence-corrected chi connectivity index (χ0v) is 18.1. The molecular formula is C26H34N2O. The van der Waals surface area contributed by atoms with Gasteiger partial charge in [-0.3, -0.25) is 0 Å². The molecule has 29 heavy (non-hydrogen) atoms. The van der Waals surface area contributed by atoms with Crippen LogP contribution in [-0.2, 0) is 0 Å². The van der Waals surface area contributed by atoms with E-state index in [9.17, 15) is 0 Å². The summed E-state index contributed by atoms with van der Waals surface area (Å²) in [6, 6.07) is 18.1. The molecule has 2 aromatic rings. The molecule has 2 aliphatic heterocycles. The van der Waals surface area contributed by atoms with E-state index in [-0.39, 0.29) is 5.60 Å². The average molecular weight is 391 g/mol. The molecule has 0 saturated carbocycles. The van der Waals surface area contributed by atoms with Gasteiger partial charge >= 0.3 is 0 Å². The lowest BCUT2D eigenvalue weighted by atomic mass is 9.83. The van der Waals surface area contributed by atoms with Gasteiger partial charge in [0.2, 0.25) is 0 Å². The third-order valence-corrected chi connectivity index (χ3v) is 6.57. The Morgan fingerprint density at radius 3 is 2.52 bits per heavy atom. The number of rotatable bonds is 6. The molecule has 3 heteroatoms. The van der Waals surface area contributed by atoms with Crippen molar-refractivity contribution in [1.82, 2.24) is 5.32 Å². The first kappa shape index (κ1) is 20.0. The molecule has 2 aromatic carbocycles. The SMILES string of the molecule is CCCCC(C)N(C)c1ccc(C2=CC3(CCNCC3)Oc3ccccc32)cc1. The molecule has 0 radical (unpaired) electrons. The van der Waals surface area contributed by atoms with Crippen LogP contribution >= 0.6 is 0 Å². The standard InChI is InChI=1S/C26H34N2O/c1-4-5-8-20(2)28(3)22-13-11-21(12-14-22)24-19-26(15-17-27-18-16-26)29-25-10-7-6-9-23(24)25/h6-7,9-14,19-20,27H,4-5,8,15-18H2,1-3H3. The van der Waals surface area contributed by atoms with Crippen LogP contribution in [0.4, 0.5) is 5.69 Å². The zero-order chi connectivity index (χ0) is 20.3. The van der Waals surface area contributed by atoms with Gasteiger partial charge in [0.05, 0.1) is 0 Å². The minimum Gasteiger partial charge on any atom is -0.482 e. The van der Waals surface area contributed by atoms with Gasteiger partial charge in [0.25, 0.3) is 0 Å². The summed E-state index contributed by atoms with van der Waals surface area (Å²) in [6.45, 7) is 6.59. The molecule has 1 spiro atoms. The van der Waals surface area contributed by atoms with E-state index in [2.05, 4.69) is 85.7 Å². The molecule has 0 amide bonds. The lowest BCUT2D eigenvalue weighted by Gasteiger charge is -2.40. The van der Waals surface area contributed by atoms with Crippen molar-refractivity contribution in [1.29, 1.82) is 0 Å². The number of ether oxygens (including phenoxy) is 1. The highest BCUT2D eigenvalue weighted by Crippen LogP contribution is 2.42. The Bertz CT molecular complexity index is 849. The Morgan fingerprint density at radius 2 is 1.79 bits per heavy atom. The number of nitrogens with zero attached hydrogens (tertiary/aromatic N) is 1. The first-order chi connectivity index (χ1) is 14.1. The summed E-state index contributed by atoms with van der Waals surface area (Å²) in [5.41, 5.74) is 4.89. The zero-order valence-electron chi connectivity index (χ0n) is 18.1. The largest absolute Gasteiger partial charge is 0.482 e. The fourth-order valence-corrected chi connectivity index (χ4v) is 4.53. The van der Waals surface area contributed by atoms with Crippen molar-refractivity contribution >= 4 is 11.3 Å². The van der Waals surface area contributed by atoms with Crippen LogP contribution in [0.3, 0.4) is 0 Å². The average Bonchev–Trinajstić information content (AvgIpc) is 2.77. The van der Waals surface area contributed by atoms with Gasteiger partial charge in [-0.1, -0.05) is 50.1 Å². The van der Waals surface area contributed by atoms with Crippen molar-refractivity contribution in [3.8, 4) is 5.75 Å². The van der Waals surface area contributed by atoms with Crippen molar-refractivity contribution in [2.45, 2.75) is 57.6 Å². The first-order valence-electron chi connectivity index (χ1n) is 11.2. The maximum atomic E-state index is 6.52. The van der Waals surface area contributed by atoms with E-state index in [0.717, 1.165) is 31.7 Å². The third kappa shape index (κ3) is 4.20. The van der Waals surface area contributed by atoms with Gasteiger partial charge in [0.15, 0.2) is 0 Å². The lowest BCUT2D eigenvalue weighted by molar-refractivity contribution is 0.0817. The quantitative estimate of drug-likeness (QED) is 0.690. The van der Waals surface area contributed by atoms with Crippen LogP contribution in [0.5, 0.6) is 5.75 Å². The first-order valence-corrected chi connectivity index (χ1v) is 11.2. The van der Waals surface area contributed by atoms with Crippen LogP contribution in [0.1, 0.15) is 57.1 Å². The topological polar surface area (TPSA) is 24.5 Å². The number of para-hydroxylation sites is 1. The molecule has 1 saturated heterocycles. The maximum Gasteiger partial charge on any atom is 0.130 e. The van der Waals surface area contributed by atoms with Gasteiger partial charge < -0.3 is 15.0 Å². The molecule has 2 aliphatic rings. The predicted molar refractivity (Wildman–Crippen MR) is 123 cm³/mol. The highest BCUT2D eigenvalue weighted by Gasteiger charge is 2.36. The molecule has 1 N–H and O–H groups in total. The van der Waals surface area contributed by atoms with Crippen LogP contribution in [0.2, 0.25) is 0 Å². The Balaban J connectivity index is 1.63. The van der Waals surface area contributed by atoms with Gasteiger partial charge in [-0.25, -0.2) is 0 Å². The molecule has 154 valence electrons. The van der Waals surface area contributed by atoms with Gasteiger partial charge in [0.1, 0.15) is 11.4 Å². The monoisotopic (exact) mass is 390 g/mol. The second-order valence-corrected chi connectivity index (χ2v) is 8.62. The van der Waals surface area contributed by atoms with Crippen molar-refractivity contribution in [3.05, 3.63) is 65.7 Å².